The van der Waals surface area contributed by atoms with E-state index < -0.39 is 15.7 Å². The summed E-state index contributed by atoms with van der Waals surface area (Å²) in [6.45, 7) is 1.68. The number of hydrogen-bond donors (Lipinski definition) is 2. The number of aromatic nitrogens is 1. The number of thiazole rings is 1. The smallest absolute Gasteiger partial charge is 0.260 e. The monoisotopic (exact) mass is 419 g/mol. The van der Waals surface area contributed by atoms with Gasteiger partial charge in [0.2, 0.25) is 5.91 Å². The fourth-order valence-electron chi connectivity index (χ4n) is 2.48. The van der Waals surface area contributed by atoms with Crippen molar-refractivity contribution < 1.29 is 22.4 Å². The van der Waals surface area contributed by atoms with Gasteiger partial charge in [-0.05, 0) is 25.1 Å². The van der Waals surface area contributed by atoms with Gasteiger partial charge < -0.3 is 9.73 Å². The van der Waals surface area contributed by atoms with Crippen molar-refractivity contribution in [2.24, 2.45) is 0 Å². The van der Waals surface area contributed by atoms with E-state index >= 15 is 0 Å². The molecule has 0 saturated heterocycles. The van der Waals surface area contributed by atoms with Gasteiger partial charge >= 0.3 is 0 Å². The van der Waals surface area contributed by atoms with Gasteiger partial charge in [0.1, 0.15) is 5.76 Å². The van der Waals surface area contributed by atoms with E-state index in [9.17, 15) is 18.0 Å². The van der Waals surface area contributed by atoms with Crippen LogP contribution in [0.4, 0.5) is 10.8 Å². The molecule has 3 aromatic rings. The predicted molar refractivity (Wildman–Crippen MR) is 105 cm³/mol. The van der Waals surface area contributed by atoms with Crippen molar-refractivity contribution >= 4 is 43.8 Å². The first kappa shape index (κ1) is 19.8. The molecule has 146 valence electrons. The Morgan fingerprint density at radius 3 is 2.61 bits per heavy atom. The summed E-state index contributed by atoms with van der Waals surface area (Å²) in [6, 6.07) is 7.74. The topological polar surface area (TPSA) is 118 Å². The van der Waals surface area contributed by atoms with Gasteiger partial charge in [0.15, 0.2) is 15.0 Å². The van der Waals surface area contributed by atoms with Gasteiger partial charge in [0.25, 0.3) is 5.91 Å². The lowest BCUT2D eigenvalue weighted by molar-refractivity contribution is -0.115. The number of aryl methyl sites for hydroxylation is 1. The third kappa shape index (κ3) is 4.65. The maximum Gasteiger partial charge on any atom is 0.260 e. The molecule has 0 aliphatic carbocycles. The van der Waals surface area contributed by atoms with Crippen molar-refractivity contribution in [3.63, 3.8) is 0 Å². The molecule has 0 aliphatic rings. The average Bonchev–Trinajstić information content (AvgIpc) is 3.23. The highest BCUT2D eigenvalue weighted by molar-refractivity contribution is 7.90. The molecule has 0 unspecified atom stereocenters. The first-order valence-electron chi connectivity index (χ1n) is 8.13. The Balaban J connectivity index is 1.65. The number of amides is 2. The van der Waals surface area contributed by atoms with Crippen LogP contribution in [0.2, 0.25) is 0 Å². The molecule has 28 heavy (non-hydrogen) atoms. The second-order valence-electron chi connectivity index (χ2n) is 5.98. The lowest BCUT2D eigenvalue weighted by Crippen LogP contribution is -2.17. The van der Waals surface area contributed by atoms with Crippen LogP contribution in [0.25, 0.3) is 0 Å². The second-order valence-corrected chi connectivity index (χ2v) is 8.82. The number of benzene rings is 1. The molecule has 8 nitrogen and oxygen atoms in total. The molecule has 2 amide bonds. The first-order chi connectivity index (χ1) is 13.2. The summed E-state index contributed by atoms with van der Waals surface area (Å²) < 4.78 is 28.7. The Morgan fingerprint density at radius 1 is 1.18 bits per heavy atom. The number of furan rings is 1. The van der Waals surface area contributed by atoms with Crippen molar-refractivity contribution in [2.75, 3.05) is 16.9 Å². The van der Waals surface area contributed by atoms with E-state index in [0.29, 0.717) is 22.1 Å². The van der Waals surface area contributed by atoms with Crippen LogP contribution in [-0.4, -0.2) is 31.5 Å². The zero-order valence-electron chi connectivity index (χ0n) is 15.1. The van der Waals surface area contributed by atoms with Gasteiger partial charge in [-0.1, -0.05) is 12.1 Å². The molecule has 0 spiro atoms. The van der Waals surface area contributed by atoms with Crippen LogP contribution in [0.3, 0.4) is 0 Å². The van der Waals surface area contributed by atoms with E-state index in [1.54, 1.807) is 30.5 Å². The molecule has 0 radical (unpaired) electrons. The fourth-order valence-corrected chi connectivity index (χ4v) is 4.03. The highest BCUT2D eigenvalue weighted by Gasteiger charge is 2.17. The van der Waals surface area contributed by atoms with Gasteiger partial charge in [-0.3, -0.25) is 14.9 Å². The Hall–Kier alpha value is -2.98. The Kier molecular flexibility index (Phi) is 5.61. The van der Waals surface area contributed by atoms with Crippen molar-refractivity contribution in [3.8, 4) is 0 Å². The van der Waals surface area contributed by atoms with Crippen molar-refractivity contribution in [1.29, 1.82) is 0 Å². The molecule has 0 bridgehead atoms. The zero-order valence-corrected chi connectivity index (χ0v) is 16.7. The van der Waals surface area contributed by atoms with Crippen LogP contribution in [-0.2, 0) is 21.1 Å². The molecule has 2 heterocycles. The number of para-hydroxylation sites is 1. The summed E-state index contributed by atoms with van der Waals surface area (Å²) in [6.07, 6.45) is 2.44. The average molecular weight is 419 g/mol. The van der Waals surface area contributed by atoms with E-state index in [4.69, 9.17) is 4.42 Å². The molecule has 0 aliphatic heterocycles. The number of nitrogens with one attached hydrogen (secondary N) is 2. The number of rotatable bonds is 6. The largest absolute Gasteiger partial charge is 0.469 e. The summed E-state index contributed by atoms with van der Waals surface area (Å²) in [5, 5.41) is 7.25. The molecule has 3 rings (SSSR count). The molecule has 2 N–H and O–H groups in total. The third-order valence-electron chi connectivity index (χ3n) is 3.78. The quantitative estimate of drug-likeness (QED) is 0.634. The Labute approximate surface area is 165 Å². The van der Waals surface area contributed by atoms with Crippen LogP contribution in [0.15, 0.2) is 51.3 Å². The molecular formula is C18H17N3O5S2. The molecule has 0 fully saturated rings. The molecule has 10 heteroatoms. The fraction of sp³-hybridized carbons (Fsp3) is 0.167. The Bertz CT molecular complexity index is 1130. The van der Waals surface area contributed by atoms with Gasteiger partial charge in [0, 0.05) is 11.6 Å². The zero-order chi connectivity index (χ0) is 20.3. The minimum absolute atomic E-state index is 0.0464. The number of anilines is 2. The molecule has 2 aromatic heterocycles. The SMILES string of the molecule is Cc1occc1C(=O)Nc1nc(CC(=O)Nc2ccccc2S(C)(=O)=O)cs1. The third-order valence-corrected chi connectivity index (χ3v) is 5.74. The summed E-state index contributed by atoms with van der Waals surface area (Å²) in [5.74, 6) is -0.262. The first-order valence-corrected chi connectivity index (χ1v) is 10.9. The minimum Gasteiger partial charge on any atom is -0.469 e. The lowest BCUT2D eigenvalue weighted by atomic mass is 10.2. The predicted octanol–water partition coefficient (Wildman–Crippen LogP) is 2.88. The summed E-state index contributed by atoms with van der Waals surface area (Å²) in [7, 11) is -3.47. The summed E-state index contributed by atoms with van der Waals surface area (Å²) >= 11 is 1.19. The normalized spacial score (nSPS) is 11.2. The minimum atomic E-state index is -3.47. The van der Waals surface area contributed by atoms with Crippen molar-refractivity contribution in [1.82, 2.24) is 4.98 Å². The molecular weight excluding hydrogens is 402 g/mol. The lowest BCUT2D eigenvalue weighted by Gasteiger charge is -2.09. The number of hydrogen-bond acceptors (Lipinski definition) is 7. The summed E-state index contributed by atoms with van der Waals surface area (Å²) in [4.78, 5) is 28.7. The van der Waals surface area contributed by atoms with Crippen molar-refractivity contribution in [3.05, 3.63) is 59.0 Å². The van der Waals surface area contributed by atoms with E-state index in [1.165, 1.54) is 29.7 Å². The van der Waals surface area contributed by atoms with Crippen LogP contribution < -0.4 is 10.6 Å². The van der Waals surface area contributed by atoms with Gasteiger partial charge in [-0.2, -0.15) is 0 Å². The highest BCUT2D eigenvalue weighted by Crippen LogP contribution is 2.22. The standard InChI is InChI=1S/C18H17N3O5S2/c1-11-13(7-8-26-11)17(23)21-18-19-12(10-27-18)9-16(22)20-14-5-3-4-6-15(14)28(2,24)25/h3-8,10H,9H2,1-2H3,(H,20,22)(H,19,21,23). The number of carbonyl (C=O) groups is 2. The summed E-state index contributed by atoms with van der Waals surface area (Å²) in [5.41, 5.74) is 1.08. The van der Waals surface area contributed by atoms with E-state index in [0.717, 1.165) is 6.26 Å². The van der Waals surface area contributed by atoms with E-state index in [-0.39, 0.29) is 22.9 Å². The van der Waals surface area contributed by atoms with Crippen molar-refractivity contribution in [2.45, 2.75) is 18.2 Å². The van der Waals surface area contributed by atoms with Crippen LogP contribution in [0, 0.1) is 6.92 Å². The number of nitrogens with zero attached hydrogens (tertiary/aromatic N) is 1. The number of carbonyl (C=O) groups excluding carboxylic acids is 2. The second kappa shape index (κ2) is 7.95. The van der Waals surface area contributed by atoms with Gasteiger partial charge in [-0.15, -0.1) is 11.3 Å². The maximum absolute atomic E-state index is 12.3. The molecule has 0 atom stereocenters. The molecule has 0 saturated carbocycles. The Morgan fingerprint density at radius 2 is 1.93 bits per heavy atom. The molecule has 1 aromatic carbocycles. The van der Waals surface area contributed by atoms with E-state index in [1.807, 2.05) is 0 Å². The van der Waals surface area contributed by atoms with Crippen LogP contribution in [0.5, 0.6) is 0 Å². The number of sulfone groups is 1. The van der Waals surface area contributed by atoms with E-state index in [2.05, 4.69) is 15.6 Å². The van der Waals surface area contributed by atoms with Gasteiger partial charge in [-0.25, -0.2) is 13.4 Å². The highest BCUT2D eigenvalue weighted by atomic mass is 32.2. The van der Waals surface area contributed by atoms with Crippen LogP contribution >= 0.6 is 11.3 Å². The maximum atomic E-state index is 12.3. The van der Waals surface area contributed by atoms with Crippen LogP contribution in [0.1, 0.15) is 21.8 Å². The van der Waals surface area contributed by atoms with Gasteiger partial charge in [0.05, 0.1) is 34.5 Å².